The Morgan fingerprint density at radius 3 is 2.15 bits per heavy atom. The van der Waals surface area contributed by atoms with Crippen LogP contribution >= 0.6 is 11.6 Å². The molecule has 0 atom stereocenters. The summed E-state index contributed by atoms with van der Waals surface area (Å²) in [6.45, 7) is 3.51. The molecule has 0 saturated carbocycles. The van der Waals surface area contributed by atoms with Gasteiger partial charge in [-0.25, -0.2) is 0 Å². The van der Waals surface area contributed by atoms with Crippen LogP contribution in [0.3, 0.4) is 0 Å². The van der Waals surface area contributed by atoms with Gasteiger partial charge in [0.1, 0.15) is 0 Å². The minimum Gasteiger partial charge on any atom is -0.166 e. The Hall–Kier alpha value is -1.48. The van der Waals surface area contributed by atoms with E-state index in [1.165, 1.54) is 6.07 Å². The summed E-state index contributed by atoms with van der Waals surface area (Å²) in [5.74, 6) is -0.181. The van der Waals surface area contributed by atoms with Gasteiger partial charge in [-0.05, 0) is 40.8 Å². The molecule has 0 saturated heterocycles. The maximum absolute atomic E-state index is 13.2. The van der Waals surface area contributed by atoms with Gasteiger partial charge in [-0.15, -0.1) is 0 Å². The Labute approximate surface area is 121 Å². The largest absolute Gasteiger partial charge is 0.416 e. The van der Waals surface area contributed by atoms with E-state index in [1.807, 2.05) is 0 Å². The average molecular weight is 299 g/mol. The lowest BCUT2D eigenvalue weighted by molar-refractivity contribution is -0.138. The van der Waals surface area contributed by atoms with Gasteiger partial charge in [-0.2, -0.15) is 13.2 Å². The highest BCUT2D eigenvalue weighted by Gasteiger charge is 2.34. The molecule has 0 bridgehead atoms. The molecule has 2 aromatic rings. The Morgan fingerprint density at radius 1 is 0.950 bits per heavy atom. The van der Waals surface area contributed by atoms with Gasteiger partial charge in [0.2, 0.25) is 0 Å². The molecule has 106 valence electrons. The molecule has 0 aliphatic heterocycles. The second kappa shape index (κ2) is 5.49. The molecule has 0 unspecified atom stereocenters. The van der Waals surface area contributed by atoms with Crippen LogP contribution in [0.15, 0.2) is 42.5 Å². The van der Waals surface area contributed by atoms with E-state index in [-0.39, 0.29) is 5.92 Å². The van der Waals surface area contributed by atoms with Gasteiger partial charge >= 0.3 is 6.18 Å². The third kappa shape index (κ3) is 3.15. The molecule has 20 heavy (non-hydrogen) atoms. The predicted octanol–water partition coefficient (Wildman–Crippen LogP) is 6.15. The molecule has 0 aromatic heterocycles. The van der Waals surface area contributed by atoms with E-state index in [1.54, 1.807) is 50.2 Å². The van der Waals surface area contributed by atoms with E-state index < -0.39 is 11.7 Å². The van der Waals surface area contributed by atoms with Crippen LogP contribution in [0.25, 0.3) is 11.1 Å². The summed E-state index contributed by atoms with van der Waals surface area (Å²) < 4.78 is 39.5. The molecule has 0 nitrogen and oxygen atoms in total. The van der Waals surface area contributed by atoms with Crippen LogP contribution in [0.5, 0.6) is 0 Å². The van der Waals surface area contributed by atoms with Crippen LogP contribution < -0.4 is 0 Å². The van der Waals surface area contributed by atoms with Crippen LogP contribution in [0, 0.1) is 0 Å². The number of benzene rings is 2. The molecule has 4 heteroatoms. The molecule has 0 spiro atoms. The summed E-state index contributed by atoms with van der Waals surface area (Å²) >= 11 is 5.88. The average Bonchev–Trinajstić information content (AvgIpc) is 2.37. The van der Waals surface area contributed by atoms with E-state index in [9.17, 15) is 13.2 Å². The molecule has 0 heterocycles. The summed E-state index contributed by atoms with van der Waals surface area (Å²) in [4.78, 5) is 0. The van der Waals surface area contributed by atoms with E-state index in [0.29, 0.717) is 21.7 Å². The Bertz CT molecular complexity index is 615. The van der Waals surface area contributed by atoms with Crippen molar-refractivity contribution in [3.05, 3.63) is 58.6 Å². The van der Waals surface area contributed by atoms with E-state index in [4.69, 9.17) is 11.6 Å². The highest BCUT2D eigenvalue weighted by Crippen LogP contribution is 2.37. The molecule has 0 aliphatic carbocycles. The Balaban J connectivity index is 2.58. The standard InChI is InChI=1S/C16H14ClF3/c1-10(2)14-7-6-12(9-15(14)16(18,19)20)11-4-3-5-13(17)8-11/h3-10H,1-2H3. The van der Waals surface area contributed by atoms with Crippen LogP contribution in [0.4, 0.5) is 13.2 Å². The third-order valence-electron chi connectivity index (χ3n) is 3.14. The smallest absolute Gasteiger partial charge is 0.166 e. The highest BCUT2D eigenvalue weighted by molar-refractivity contribution is 6.30. The third-order valence-corrected chi connectivity index (χ3v) is 3.37. The van der Waals surface area contributed by atoms with Crippen molar-refractivity contribution in [1.82, 2.24) is 0 Å². The zero-order valence-corrected chi connectivity index (χ0v) is 11.9. The van der Waals surface area contributed by atoms with E-state index in [0.717, 1.165) is 0 Å². The summed E-state index contributed by atoms with van der Waals surface area (Å²) in [5.41, 5.74) is 0.927. The monoisotopic (exact) mass is 298 g/mol. The Kier molecular flexibility index (Phi) is 4.09. The lowest BCUT2D eigenvalue weighted by atomic mass is 9.93. The highest BCUT2D eigenvalue weighted by atomic mass is 35.5. The lowest BCUT2D eigenvalue weighted by Crippen LogP contribution is -2.10. The minimum atomic E-state index is -4.35. The number of alkyl halides is 3. The summed E-state index contributed by atoms with van der Waals surface area (Å²) in [6, 6.07) is 11.3. The fourth-order valence-corrected chi connectivity index (χ4v) is 2.34. The molecule has 2 aromatic carbocycles. The number of hydrogen-bond donors (Lipinski definition) is 0. The van der Waals surface area contributed by atoms with Crippen LogP contribution in [-0.4, -0.2) is 0 Å². The van der Waals surface area contributed by atoms with Crippen molar-refractivity contribution in [2.75, 3.05) is 0 Å². The topological polar surface area (TPSA) is 0 Å². The van der Waals surface area contributed by atoms with E-state index >= 15 is 0 Å². The van der Waals surface area contributed by atoms with Crippen molar-refractivity contribution in [2.45, 2.75) is 25.9 Å². The number of rotatable bonds is 2. The lowest BCUT2D eigenvalue weighted by Gasteiger charge is -2.17. The Morgan fingerprint density at radius 2 is 1.60 bits per heavy atom. The minimum absolute atomic E-state index is 0.181. The van der Waals surface area contributed by atoms with E-state index in [2.05, 4.69) is 0 Å². The van der Waals surface area contributed by atoms with Gasteiger partial charge in [0.05, 0.1) is 5.56 Å². The van der Waals surface area contributed by atoms with Crippen molar-refractivity contribution in [3.8, 4) is 11.1 Å². The van der Waals surface area contributed by atoms with Gasteiger partial charge in [-0.3, -0.25) is 0 Å². The molecular weight excluding hydrogens is 285 g/mol. The van der Waals surface area contributed by atoms with Gasteiger partial charge in [-0.1, -0.05) is 49.7 Å². The molecule has 0 radical (unpaired) electrons. The van der Waals surface area contributed by atoms with Crippen LogP contribution in [0.1, 0.15) is 30.9 Å². The molecular formula is C16H14ClF3. The fraction of sp³-hybridized carbons (Fsp3) is 0.250. The van der Waals surface area contributed by atoms with Crippen molar-refractivity contribution in [2.24, 2.45) is 0 Å². The summed E-state index contributed by atoms with van der Waals surface area (Å²) in [6.07, 6.45) is -4.35. The molecule has 0 fully saturated rings. The first-order chi connectivity index (χ1) is 9.29. The van der Waals surface area contributed by atoms with Crippen molar-refractivity contribution < 1.29 is 13.2 Å². The predicted molar refractivity (Wildman–Crippen MR) is 76.0 cm³/mol. The SMILES string of the molecule is CC(C)c1ccc(-c2cccc(Cl)c2)cc1C(F)(F)F. The number of halogens is 4. The van der Waals surface area contributed by atoms with Gasteiger partial charge in [0, 0.05) is 5.02 Å². The molecule has 0 aliphatic rings. The number of hydrogen-bond acceptors (Lipinski definition) is 0. The second-order valence-electron chi connectivity index (χ2n) is 4.96. The second-order valence-corrected chi connectivity index (χ2v) is 5.40. The normalized spacial score (nSPS) is 11.9. The summed E-state index contributed by atoms with van der Waals surface area (Å²) in [5, 5.41) is 0.504. The summed E-state index contributed by atoms with van der Waals surface area (Å²) in [7, 11) is 0. The molecule has 0 amide bonds. The van der Waals surface area contributed by atoms with Crippen LogP contribution in [-0.2, 0) is 6.18 Å². The quantitative estimate of drug-likeness (QED) is 0.624. The van der Waals surface area contributed by atoms with Crippen LogP contribution in [0.2, 0.25) is 5.02 Å². The maximum Gasteiger partial charge on any atom is 0.416 e. The van der Waals surface area contributed by atoms with Gasteiger partial charge in [0.25, 0.3) is 0 Å². The van der Waals surface area contributed by atoms with Gasteiger partial charge in [0.15, 0.2) is 0 Å². The van der Waals surface area contributed by atoms with Crippen molar-refractivity contribution in [3.63, 3.8) is 0 Å². The molecule has 0 N–H and O–H groups in total. The molecule has 2 rings (SSSR count). The first-order valence-corrected chi connectivity index (χ1v) is 6.64. The zero-order chi connectivity index (χ0) is 14.9. The zero-order valence-electron chi connectivity index (χ0n) is 11.1. The van der Waals surface area contributed by atoms with Crippen molar-refractivity contribution >= 4 is 11.6 Å². The van der Waals surface area contributed by atoms with Gasteiger partial charge < -0.3 is 0 Å². The first kappa shape index (κ1) is 14.9. The fourth-order valence-electron chi connectivity index (χ4n) is 2.15. The van der Waals surface area contributed by atoms with Crippen molar-refractivity contribution in [1.29, 1.82) is 0 Å². The maximum atomic E-state index is 13.2. The first-order valence-electron chi connectivity index (χ1n) is 6.26.